The summed E-state index contributed by atoms with van der Waals surface area (Å²) in [4.78, 5) is 19.0. The Hall–Kier alpha value is -2.67. The van der Waals surface area contributed by atoms with Gasteiger partial charge in [-0.15, -0.1) is 0 Å². The smallest absolute Gasteiger partial charge is 0.325 e. The molecular weight excluding hydrogens is 308 g/mol. The Balaban J connectivity index is 2.01. The minimum absolute atomic E-state index is 0.0490. The highest BCUT2D eigenvalue weighted by Gasteiger charge is 2.17. The molecule has 0 spiro atoms. The quantitative estimate of drug-likeness (QED) is 0.777. The molecule has 0 saturated carbocycles. The van der Waals surface area contributed by atoms with Crippen molar-refractivity contribution in [1.29, 1.82) is 0 Å². The second kappa shape index (κ2) is 5.98. The van der Waals surface area contributed by atoms with E-state index in [1.807, 2.05) is 0 Å². The average Bonchev–Trinajstić information content (AvgIpc) is 3.15. The van der Waals surface area contributed by atoms with E-state index in [1.54, 1.807) is 24.3 Å². The molecule has 0 unspecified atom stereocenters. The van der Waals surface area contributed by atoms with Crippen LogP contribution < -0.4 is 0 Å². The topological polar surface area (TPSA) is 94.0 Å². The van der Waals surface area contributed by atoms with E-state index < -0.39 is 5.97 Å². The van der Waals surface area contributed by atoms with Crippen LogP contribution in [0.2, 0.25) is 5.02 Å². The molecule has 0 radical (unpaired) electrons. The first-order chi connectivity index (χ1) is 10.6. The van der Waals surface area contributed by atoms with Crippen LogP contribution in [0.15, 0.2) is 41.3 Å². The first kappa shape index (κ1) is 14.3. The molecule has 3 aromatic rings. The molecule has 0 bridgehead atoms. The van der Waals surface area contributed by atoms with E-state index in [0.29, 0.717) is 16.5 Å². The van der Waals surface area contributed by atoms with Gasteiger partial charge < -0.3 is 9.52 Å². The van der Waals surface area contributed by atoms with Gasteiger partial charge in [-0.05, 0) is 12.1 Å². The standard InChI is InChI=1S/C14H11ClN4O3/c15-10-3-1-9(2-4-10)13-11(5-6-12(20)21)22-14(18-13)19-8-16-7-17-19/h1-4,7-8H,5-6H2,(H,20,21). The third-order valence-electron chi connectivity index (χ3n) is 2.98. The number of benzene rings is 1. The van der Waals surface area contributed by atoms with E-state index in [-0.39, 0.29) is 18.9 Å². The van der Waals surface area contributed by atoms with Gasteiger partial charge in [-0.25, -0.2) is 4.98 Å². The summed E-state index contributed by atoms with van der Waals surface area (Å²) in [6, 6.07) is 7.32. The molecule has 0 saturated heterocycles. The van der Waals surface area contributed by atoms with Crippen LogP contribution in [0.5, 0.6) is 0 Å². The fraction of sp³-hybridized carbons (Fsp3) is 0.143. The fourth-order valence-electron chi connectivity index (χ4n) is 1.97. The molecule has 0 atom stereocenters. The van der Waals surface area contributed by atoms with Crippen LogP contribution in [0.25, 0.3) is 17.3 Å². The van der Waals surface area contributed by atoms with Gasteiger partial charge in [-0.1, -0.05) is 23.7 Å². The molecule has 2 aromatic heterocycles. The molecule has 8 heteroatoms. The van der Waals surface area contributed by atoms with Crippen molar-refractivity contribution in [3.63, 3.8) is 0 Å². The summed E-state index contributed by atoms with van der Waals surface area (Å²) in [5.74, 6) is -0.420. The minimum atomic E-state index is -0.902. The molecule has 7 nitrogen and oxygen atoms in total. The van der Waals surface area contributed by atoms with Gasteiger partial charge in [0.25, 0.3) is 0 Å². The highest BCUT2D eigenvalue weighted by Crippen LogP contribution is 2.27. The van der Waals surface area contributed by atoms with Crippen molar-refractivity contribution in [2.45, 2.75) is 12.8 Å². The number of aromatic nitrogens is 4. The van der Waals surface area contributed by atoms with Crippen molar-refractivity contribution in [2.24, 2.45) is 0 Å². The first-order valence-corrected chi connectivity index (χ1v) is 6.84. The van der Waals surface area contributed by atoms with Crippen molar-refractivity contribution in [2.75, 3.05) is 0 Å². The van der Waals surface area contributed by atoms with Gasteiger partial charge in [0.15, 0.2) is 0 Å². The molecule has 22 heavy (non-hydrogen) atoms. The zero-order chi connectivity index (χ0) is 15.5. The third kappa shape index (κ3) is 2.99. The number of halogens is 1. The Kier molecular flexibility index (Phi) is 3.88. The van der Waals surface area contributed by atoms with E-state index in [9.17, 15) is 4.79 Å². The zero-order valence-corrected chi connectivity index (χ0v) is 12.1. The minimum Gasteiger partial charge on any atom is -0.481 e. The van der Waals surface area contributed by atoms with Crippen LogP contribution in [0.3, 0.4) is 0 Å². The third-order valence-corrected chi connectivity index (χ3v) is 3.24. The van der Waals surface area contributed by atoms with Gasteiger partial charge in [-0.2, -0.15) is 14.8 Å². The van der Waals surface area contributed by atoms with Crippen molar-refractivity contribution in [3.8, 4) is 17.3 Å². The fourth-order valence-corrected chi connectivity index (χ4v) is 2.09. The number of oxazole rings is 1. The lowest BCUT2D eigenvalue weighted by molar-refractivity contribution is -0.137. The Morgan fingerprint density at radius 1 is 1.32 bits per heavy atom. The summed E-state index contributed by atoms with van der Waals surface area (Å²) in [6.45, 7) is 0. The van der Waals surface area contributed by atoms with Crippen molar-refractivity contribution < 1.29 is 14.3 Å². The van der Waals surface area contributed by atoms with Gasteiger partial charge in [0.05, 0.1) is 6.42 Å². The molecule has 0 aliphatic heterocycles. The molecule has 1 N–H and O–H groups in total. The number of nitrogens with zero attached hydrogens (tertiary/aromatic N) is 4. The number of carboxylic acids is 1. The number of carbonyl (C=O) groups is 1. The lowest BCUT2D eigenvalue weighted by atomic mass is 10.1. The van der Waals surface area contributed by atoms with Crippen LogP contribution in [0, 0.1) is 0 Å². The van der Waals surface area contributed by atoms with Crippen molar-refractivity contribution >= 4 is 17.6 Å². The van der Waals surface area contributed by atoms with Gasteiger partial charge in [0.2, 0.25) is 0 Å². The predicted octanol–water partition coefficient (Wildman–Crippen LogP) is 2.59. The summed E-state index contributed by atoms with van der Waals surface area (Å²) < 4.78 is 7.03. The van der Waals surface area contributed by atoms with Gasteiger partial charge in [-0.3, -0.25) is 4.79 Å². The van der Waals surface area contributed by atoms with Crippen molar-refractivity contribution in [3.05, 3.63) is 47.7 Å². The number of rotatable bonds is 5. The number of hydrogen-bond donors (Lipinski definition) is 1. The summed E-state index contributed by atoms with van der Waals surface area (Å²) >= 11 is 5.88. The highest BCUT2D eigenvalue weighted by atomic mass is 35.5. The van der Waals surface area contributed by atoms with Gasteiger partial charge in [0, 0.05) is 17.0 Å². The first-order valence-electron chi connectivity index (χ1n) is 6.46. The maximum absolute atomic E-state index is 10.8. The van der Waals surface area contributed by atoms with Gasteiger partial charge >= 0.3 is 12.0 Å². The lowest BCUT2D eigenvalue weighted by Gasteiger charge is -2.00. The van der Waals surface area contributed by atoms with Crippen LogP contribution in [0.4, 0.5) is 0 Å². The number of aryl methyl sites for hydroxylation is 1. The molecule has 0 aliphatic carbocycles. The van der Waals surface area contributed by atoms with Crippen LogP contribution in [-0.4, -0.2) is 30.8 Å². The number of aliphatic carboxylic acids is 1. The largest absolute Gasteiger partial charge is 0.481 e. The summed E-state index contributed by atoms with van der Waals surface area (Å²) in [5, 5.41) is 13.4. The predicted molar refractivity (Wildman–Crippen MR) is 77.8 cm³/mol. The van der Waals surface area contributed by atoms with E-state index in [1.165, 1.54) is 17.3 Å². The molecular formula is C14H11ClN4O3. The summed E-state index contributed by atoms with van der Waals surface area (Å²) in [7, 11) is 0. The average molecular weight is 319 g/mol. The second-order valence-electron chi connectivity index (χ2n) is 4.51. The number of hydrogen-bond acceptors (Lipinski definition) is 5. The van der Waals surface area contributed by atoms with E-state index in [2.05, 4.69) is 15.1 Å². The van der Waals surface area contributed by atoms with Crippen LogP contribution in [0.1, 0.15) is 12.2 Å². The monoisotopic (exact) mass is 318 g/mol. The number of carboxylic acid groups (broad SMARTS) is 1. The molecule has 112 valence electrons. The lowest BCUT2D eigenvalue weighted by Crippen LogP contribution is -1.97. The highest BCUT2D eigenvalue weighted by molar-refractivity contribution is 6.30. The Bertz CT molecular complexity index is 781. The summed E-state index contributed by atoms with van der Waals surface area (Å²) in [5.41, 5.74) is 1.36. The summed E-state index contributed by atoms with van der Waals surface area (Å²) in [6.07, 6.45) is 3.00. The molecule has 0 amide bonds. The maximum Gasteiger partial charge on any atom is 0.325 e. The van der Waals surface area contributed by atoms with Crippen LogP contribution in [-0.2, 0) is 11.2 Å². The zero-order valence-electron chi connectivity index (χ0n) is 11.3. The molecule has 0 aliphatic rings. The van der Waals surface area contributed by atoms with E-state index >= 15 is 0 Å². The van der Waals surface area contributed by atoms with E-state index in [0.717, 1.165) is 5.56 Å². The Labute approximate surface area is 130 Å². The SMILES string of the molecule is O=C(O)CCc1oc(-n2cncn2)nc1-c1ccc(Cl)cc1. The van der Waals surface area contributed by atoms with E-state index in [4.69, 9.17) is 21.1 Å². The molecule has 2 heterocycles. The Morgan fingerprint density at radius 2 is 2.09 bits per heavy atom. The molecule has 3 rings (SSSR count). The Morgan fingerprint density at radius 3 is 2.73 bits per heavy atom. The normalized spacial score (nSPS) is 10.8. The maximum atomic E-state index is 10.8. The molecule has 0 fully saturated rings. The second-order valence-corrected chi connectivity index (χ2v) is 4.95. The van der Waals surface area contributed by atoms with Crippen LogP contribution >= 0.6 is 11.6 Å². The van der Waals surface area contributed by atoms with Crippen molar-refractivity contribution in [1.82, 2.24) is 19.7 Å². The van der Waals surface area contributed by atoms with Gasteiger partial charge in [0.1, 0.15) is 24.1 Å². The molecule has 1 aromatic carbocycles.